The van der Waals surface area contributed by atoms with Crippen LogP contribution in [0.4, 0.5) is 13.2 Å². The molecule has 0 radical (unpaired) electrons. The summed E-state index contributed by atoms with van der Waals surface area (Å²) in [5, 5.41) is 0. The molecule has 1 heterocycles. The topological polar surface area (TPSA) is 20.3 Å². The highest BCUT2D eigenvalue weighted by Crippen LogP contribution is 2.29. The van der Waals surface area contributed by atoms with E-state index >= 15 is 0 Å². The van der Waals surface area contributed by atoms with Gasteiger partial charge in [-0.2, -0.15) is 13.2 Å². The van der Waals surface area contributed by atoms with E-state index in [1.54, 1.807) is 13.1 Å². The number of carbonyl (C=O) groups excluding carboxylic acids is 1. The van der Waals surface area contributed by atoms with Crippen LogP contribution in [0.1, 0.15) is 16.0 Å². The molecule has 2 aromatic rings. The maximum absolute atomic E-state index is 12.6. The molecule has 7 heteroatoms. The molecular formula is C15H13ClF3NOS. The Hall–Kier alpha value is -1.53. The van der Waals surface area contributed by atoms with Crippen LogP contribution in [0.3, 0.4) is 0 Å². The van der Waals surface area contributed by atoms with Crippen LogP contribution in [-0.2, 0) is 23.9 Å². The number of thiophene rings is 1. The standard InChI is InChI=1S/C15H13ClF3NOS/c1-20(9-12-5-6-13(16)22-12)14(21)8-10-3-2-4-11(7-10)15(17,18)19/h2-7H,8-9H2,1H3. The molecule has 0 fully saturated rings. The summed E-state index contributed by atoms with van der Waals surface area (Å²) in [6, 6.07) is 8.39. The molecular weight excluding hydrogens is 335 g/mol. The van der Waals surface area contributed by atoms with Gasteiger partial charge in [0.1, 0.15) is 0 Å². The van der Waals surface area contributed by atoms with Crippen molar-refractivity contribution in [3.05, 3.63) is 56.7 Å². The second-order valence-electron chi connectivity index (χ2n) is 4.83. The van der Waals surface area contributed by atoms with Gasteiger partial charge in [0.05, 0.1) is 22.9 Å². The number of likely N-dealkylation sites (N-methyl/N-ethyl adjacent to an activating group) is 1. The zero-order valence-electron chi connectivity index (χ0n) is 11.7. The lowest BCUT2D eigenvalue weighted by atomic mass is 10.1. The third-order valence-corrected chi connectivity index (χ3v) is 4.27. The first-order chi connectivity index (χ1) is 10.3. The molecule has 0 N–H and O–H groups in total. The Morgan fingerprint density at radius 2 is 2.00 bits per heavy atom. The van der Waals surface area contributed by atoms with Crippen LogP contribution < -0.4 is 0 Å². The van der Waals surface area contributed by atoms with Gasteiger partial charge < -0.3 is 4.90 Å². The number of hydrogen-bond donors (Lipinski definition) is 0. The summed E-state index contributed by atoms with van der Waals surface area (Å²) in [5.74, 6) is -0.246. The lowest BCUT2D eigenvalue weighted by Gasteiger charge is -2.16. The average Bonchev–Trinajstić information content (AvgIpc) is 2.83. The summed E-state index contributed by atoms with van der Waals surface area (Å²) in [6.07, 6.45) is -4.47. The summed E-state index contributed by atoms with van der Waals surface area (Å²) in [4.78, 5) is 14.5. The van der Waals surface area contributed by atoms with Crippen molar-refractivity contribution in [2.45, 2.75) is 19.1 Å². The van der Waals surface area contributed by atoms with Gasteiger partial charge in [-0.25, -0.2) is 0 Å². The molecule has 0 aliphatic heterocycles. The number of alkyl halides is 3. The van der Waals surface area contributed by atoms with E-state index in [4.69, 9.17) is 11.6 Å². The zero-order valence-corrected chi connectivity index (χ0v) is 13.2. The number of amides is 1. The Balaban J connectivity index is 2.02. The molecule has 1 aromatic heterocycles. The summed E-state index contributed by atoms with van der Waals surface area (Å²) in [7, 11) is 1.61. The first-order valence-corrected chi connectivity index (χ1v) is 7.59. The second kappa shape index (κ2) is 6.71. The number of halogens is 4. The van der Waals surface area contributed by atoms with Crippen molar-refractivity contribution < 1.29 is 18.0 Å². The van der Waals surface area contributed by atoms with E-state index in [1.807, 2.05) is 6.07 Å². The minimum atomic E-state index is -4.40. The van der Waals surface area contributed by atoms with Crippen molar-refractivity contribution in [2.75, 3.05) is 7.05 Å². The van der Waals surface area contributed by atoms with Crippen molar-refractivity contribution in [3.8, 4) is 0 Å². The van der Waals surface area contributed by atoms with Crippen LogP contribution in [0.2, 0.25) is 4.34 Å². The van der Waals surface area contributed by atoms with E-state index in [9.17, 15) is 18.0 Å². The van der Waals surface area contributed by atoms with E-state index in [0.29, 0.717) is 16.4 Å². The Morgan fingerprint density at radius 3 is 2.59 bits per heavy atom. The van der Waals surface area contributed by atoms with E-state index in [-0.39, 0.29) is 12.3 Å². The minimum absolute atomic E-state index is 0.0699. The van der Waals surface area contributed by atoms with E-state index in [1.165, 1.54) is 28.4 Å². The highest BCUT2D eigenvalue weighted by atomic mass is 35.5. The quantitative estimate of drug-likeness (QED) is 0.790. The fourth-order valence-corrected chi connectivity index (χ4v) is 3.07. The fraction of sp³-hybridized carbons (Fsp3) is 0.267. The number of nitrogens with zero attached hydrogens (tertiary/aromatic N) is 1. The molecule has 0 aliphatic rings. The molecule has 2 rings (SSSR count). The van der Waals surface area contributed by atoms with Crippen LogP contribution >= 0.6 is 22.9 Å². The number of rotatable bonds is 4. The Bertz CT molecular complexity index is 669. The maximum atomic E-state index is 12.6. The molecule has 22 heavy (non-hydrogen) atoms. The van der Waals surface area contributed by atoms with Crippen LogP contribution in [0.5, 0.6) is 0 Å². The van der Waals surface area contributed by atoms with Gasteiger partial charge in [-0.1, -0.05) is 29.8 Å². The van der Waals surface area contributed by atoms with Gasteiger partial charge in [0.15, 0.2) is 0 Å². The summed E-state index contributed by atoms with van der Waals surface area (Å²) in [6.45, 7) is 0.384. The predicted molar refractivity (Wildman–Crippen MR) is 81.0 cm³/mol. The number of benzene rings is 1. The molecule has 1 aromatic carbocycles. The van der Waals surface area contributed by atoms with Crippen LogP contribution in [0.15, 0.2) is 36.4 Å². The van der Waals surface area contributed by atoms with Gasteiger partial charge in [0.2, 0.25) is 5.91 Å². The van der Waals surface area contributed by atoms with Crippen LogP contribution in [0.25, 0.3) is 0 Å². The molecule has 118 valence electrons. The number of carbonyl (C=O) groups is 1. The monoisotopic (exact) mass is 347 g/mol. The molecule has 0 unspecified atom stereocenters. The third-order valence-electron chi connectivity index (χ3n) is 3.06. The van der Waals surface area contributed by atoms with Crippen molar-refractivity contribution >= 4 is 28.8 Å². The lowest BCUT2D eigenvalue weighted by molar-refractivity contribution is -0.138. The highest BCUT2D eigenvalue weighted by Gasteiger charge is 2.30. The van der Waals surface area contributed by atoms with Crippen molar-refractivity contribution in [1.29, 1.82) is 0 Å². The van der Waals surface area contributed by atoms with Gasteiger partial charge in [-0.15, -0.1) is 11.3 Å². The first kappa shape index (κ1) is 16.8. The van der Waals surface area contributed by atoms with E-state index in [0.717, 1.165) is 17.0 Å². The van der Waals surface area contributed by atoms with Gasteiger partial charge in [0, 0.05) is 11.9 Å². The van der Waals surface area contributed by atoms with Crippen LogP contribution in [-0.4, -0.2) is 17.9 Å². The SMILES string of the molecule is CN(Cc1ccc(Cl)s1)C(=O)Cc1cccc(C(F)(F)F)c1. The molecule has 0 spiro atoms. The normalized spacial score (nSPS) is 11.5. The lowest BCUT2D eigenvalue weighted by Crippen LogP contribution is -2.27. The minimum Gasteiger partial charge on any atom is -0.340 e. The molecule has 1 amide bonds. The smallest absolute Gasteiger partial charge is 0.340 e. The maximum Gasteiger partial charge on any atom is 0.416 e. The largest absolute Gasteiger partial charge is 0.416 e. The van der Waals surface area contributed by atoms with Gasteiger partial charge in [0.25, 0.3) is 0 Å². The summed E-state index contributed by atoms with van der Waals surface area (Å²) >= 11 is 7.19. The Morgan fingerprint density at radius 1 is 1.27 bits per heavy atom. The second-order valence-corrected chi connectivity index (χ2v) is 6.63. The van der Waals surface area contributed by atoms with Gasteiger partial charge >= 0.3 is 6.18 Å². The molecule has 0 aliphatic carbocycles. The van der Waals surface area contributed by atoms with Crippen LogP contribution in [0, 0.1) is 0 Å². The Kier molecular flexibility index (Phi) is 5.13. The summed E-state index contributed by atoms with van der Waals surface area (Å²) < 4.78 is 38.6. The van der Waals surface area contributed by atoms with E-state index in [2.05, 4.69) is 0 Å². The molecule has 0 saturated heterocycles. The summed E-state index contributed by atoms with van der Waals surface area (Å²) in [5.41, 5.74) is -0.402. The van der Waals surface area contributed by atoms with E-state index < -0.39 is 11.7 Å². The number of hydrogen-bond acceptors (Lipinski definition) is 2. The average molecular weight is 348 g/mol. The zero-order chi connectivity index (χ0) is 16.3. The third kappa shape index (κ3) is 4.48. The molecule has 0 atom stereocenters. The predicted octanol–water partition coefficient (Wildman–Crippen LogP) is 4.62. The first-order valence-electron chi connectivity index (χ1n) is 6.40. The van der Waals surface area contributed by atoms with Crippen molar-refractivity contribution in [3.63, 3.8) is 0 Å². The molecule has 0 saturated carbocycles. The highest BCUT2D eigenvalue weighted by molar-refractivity contribution is 7.16. The van der Waals surface area contributed by atoms with Gasteiger partial charge in [-0.3, -0.25) is 4.79 Å². The molecule has 0 bridgehead atoms. The molecule has 2 nitrogen and oxygen atoms in total. The Labute approximate surface area is 135 Å². The van der Waals surface area contributed by atoms with Gasteiger partial charge in [-0.05, 0) is 23.8 Å². The van der Waals surface area contributed by atoms with Crippen molar-refractivity contribution in [1.82, 2.24) is 4.90 Å². The van der Waals surface area contributed by atoms with Crippen molar-refractivity contribution in [2.24, 2.45) is 0 Å². The fourth-order valence-electron chi connectivity index (χ4n) is 1.93.